The van der Waals surface area contributed by atoms with E-state index in [1.54, 1.807) is 11.8 Å². The van der Waals surface area contributed by atoms with Crippen molar-refractivity contribution in [3.63, 3.8) is 0 Å². The number of benzene rings is 1. The molecule has 1 fully saturated rings. The summed E-state index contributed by atoms with van der Waals surface area (Å²) in [5, 5.41) is 0. The van der Waals surface area contributed by atoms with Crippen molar-refractivity contribution in [2.75, 3.05) is 32.1 Å². The first kappa shape index (κ1) is 16.8. The van der Waals surface area contributed by atoms with E-state index in [1.165, 1.54) is 16.7 Å². The van der Waals surface area contributed by atoms with Gasteiger partial charge in [0.1, 0.15) is 0 Å². The number of piperidine rings is 1. The van der Waals surface area contributed by atoms with Crippen LogP contribution in [0.1, 0.15) is 18.4 Å². The Morgan fingerprint density at radius 1 is 1.29 bits per heavy atom. The Hall–Kier alpha value is -0.560. The lowest BCUT2D eigenvalue weighted by Crippen LogP contribution is -2.38. The second-order valence-electron chi connectivity index (χ2n) is 5.65. The van der Waals surface area contributed by atoms with Crippen molar-refractivity contribution in [2.24, 2.45) is 5.92 Å². The van der Waals surface area contributed by atoms with E-state index in [9.17, 15) is 8.42 Å². The van der Waals surface area contributed by atoms with E-state index in [-0.39, 0.29) is 0 Å². The van der Waals surface area contributed by atoms with E-state index in [0.29, 0.717) is 12.5 Å². The highest BCUT2D eigenvalue weighted by atomic mass is 32.2. The summed E-state index contributed by atoms with van der Waals surface area (Å²) < 4.78 is 24.9. The summed E-state index contributed by atoms with van der Waals surface area (Å²) in [6.45, 7) is 3.65. The SMILES string of the molecule is CSc1ccccc1CN1CCC(CNS(C)(=O)=O)CC1. The van der Waals surface area contributed by atoms with Crippen LogP contribution in [0.25, 0.3) is 0 Å². The van der Waals surface area contributed by atoms with E-state index >= 15 is 0 Å². The number of likely N-dealkylation sites (tertiary alicyclic amines) is 1. The van der Waals surface area contributed by atoms with Crippen LogP contribution in [-0.4, -0.2) is 45.5 Å². The van der Waals surface area contributed by atoms with Crippen molar-refractivity contribution in [1.29, 1.82) is 0 Å². The Morgan fingerprint density at radius 2 is 1.95 bits per heavy atom. The van der Waals surface area contributed by atoms with Crippen molar-refractivity contribution in [3.8, 4) is 0 Å². The highest BCUT2D eigenvalue weighted by Crippen LogP contribution is 2.24. The van der Waals surface area contributed by atoms with Crippen LogP contribution in [0.15, 0.2) is 29.2 Å². The Balaban J connectivity index is 1.81. The van der Waals surface area contributed by atoms with Gasteiger partial charge in [-0.3, -0.25) is 4.90 Å². The van der Waals surface area contributed by atoms with E-state index in [1.807, 2.05) is 0 Å². The molecule has 1 aliphatic heterocycles. The first-order chi connectivity index (χ1) is 9.98. The maximum Gasteiger partial charge on any atom is 0.208 e. The monoisotopic (exact) mass is 328 g/mol. The summed E-state index contributed by atoms with van der Waals surface area (Å²) in [6, 6.07) is 8.54. The normalized spacial score (nSPS) is 18.0. The summed E-state index contributed by atoms with van der Waals surface area (Å²) in [7, 11) is -3.06. The predicted molar refractivity (Wildman–Crippen MR) is 89.1 cm³/mol. The molecule has 118 valence electrons. The molecule has 6 heteroatoms. The Morgan fingerprint density at radius 3 is 2.57 bits per heavy atom. The molecule has 1 saturated heterocycles. The van der Waals surface area contributed by atoms with Gasteiger partial charge < -0.3 is 0 Å². The molecule has 0 aliphatic carbocycles. The molecule has 0 saturated carbocycles. The first-order valence-electron chi connectivity index (χ1n) is 7.27. The van der Waals surface area contributed by atoms with Crippen molar-refractivity contribution in [2.45, 2.75) is 24.3 Å². The molecule has 1 aromatic rings. The average Bonchev–Trinajstić information content (AvgIpc) is 2.46. The van der Waals surface area contributed by atoms with Gasteiger partial charge in [-0.1, -0.05) is 18.2 Å². The van der Waals surface area contributed by atoms with Crippen LogP contribution in [0.3, 0.4) is 0 Å². The molecule has 1 aromatic carbocycles. The molecular formula is C15H24N2O2S2. The lowest BCUT2D eigenvalue weighted by molar-refractivity contribution is 0.177. The summed E-state index contributed by atoms with van der Waals surface area (Å²) in [4.78, 5) is 3.81. The Bertz CT molecular complexity index is 553. The van der Waals surface area contributed by atoms with Crippen molar-refractivity contribution < 1.29 is 8.42 Å². The third kappa shape index (κ3) is 5.62. The van der Waals surface area contributed by atoms with Gasteiger partial charge in [0.15, 0.2) is 0 Å². The molecule has 1 heterocycles. The van der Waals surface area contributed by atoms with Gasteiger partial charge in [-0.25, -0.2) is 13.1 Å². The van der Waals surface area contributed by atoms with E-state index in [2.05, 4.69) is 40.1 Å². The molecule has 1 aliphatic rings. The van der Waals surface area contributed by atoms with Crippen LogP contribution in [-0.2, 0) is 16.6 Å². The van der Waals surface area contributed by atoms with Crippen LogP contribution in [0, 0.1) is 5.92 Å². The van der Waals surface area contributed by atoms with E-state index in [0.717, 1.165) is 32.5 Å². The quantitative estimate of drug-likeness (QED) is 0.813. The fraction of sp³-hybridized carbons (Fsp3) is 0.600. The van der Waals surface area contributed by atoms with Gasteiger partial charge in [-0.05, 0) is 49.7 Å². The minimum absolute atomic E-state index is 0.465. The summed E-state index contributed by atoms with van der Waals surface area (Å²) in [5.74, 6) is 0.465. The molecule has 0 aromatic heterocycles. The molecule has 0 unspecified atom stereocenters. The maximum absolute atomic E-state index is 11.1. The molecule has 0 spiro atoms. The molecule has 0 amide bonds. The van der Waals surface area contributed by atoms with Gasteiger partial charge in [0.25, 0.3) is 0 Å². The maximum atomic E-state index is 11.1. The zero-order chi connectivity index (χ0) is 15.3. The number of hydrogen-bond acceptors (Lipinski definition) is 4. The molecule has 0 atom stereocenters. The zero-order valence-corrected chi connectivity index (χ0v) is 14.3. The molecule has 0 bridgehead atoms. The number of rotatable bonds is 6. The summed E-state index contributed by atoms with van der Waals surface area (Å²) in [5.41, 5.74) is 1.39. The second kappa shape index (κ2) is 7.63. The fourth-order valence-electron chi connectivity index (χ4n) is 2.69. The van der Waals surface area contributed by atoms with Crippen LogP contribution in [0.5, 0.6) is 0 Å². The lowest BCUT2D eigenvalue weighted by atomic mass is 9.97. The van der Waals surface area contributed by atoms with Crippen molar-refractivity contribution in [3.05, 3.63) is 29.8 Å². The van der Waals surface area contributed by atoms with Crippen LogP contribution < -0.4 is 4.72 Å². The highest BCUT2D eigenvalue weighted by Gasteiger charge is 2.20. The van der Waals surface area contributed by atoms with Gasteiger partial charge in [0.05, 0.1) is 6.26 Å². The fourth-order valence-corrected chi connectivity index (χ4v) is 3.84. The van der Waals surface area contributed by atoms with Crippen molar-refractivity contribution >= 4 is 21.8 Å². The smallest absolute Gasteiger partial charge is 0.208 e. The van der Waals surface area contributed by atoms with Crippen LogP contribution >= 0.6 is 11.8 Å². The van der Waals surface area contributed by atoms with Gasteiger partial charge in [0.2, 0.25) is 10.0 Å². The van der Waals surface area contributed by atoms with E-state index < -0.39 is 10.0 Å². The summed E-state index contributed by atoms with van der Waals surface area (Å²) in [6.07, 6.45) is 5.46. The Labute approximate surface area is 132 Å². The molecule has 4 nitrogen and oxygen atoms in total. The van der Waals surface area contributed by atoms with Crippen molar-refractivity contribution in [1.82, 2.24) is 9.62 Å². The average molecular weight is 329 g/mol. The second-order valence-corrected chi connectivity index (χ2v) is 8.33. The van der Waals surface area contributed by atoms with Gasteiger partial charge in [0, 0.05) is 18.0 Å². The molecule has 0 radical (unpaired) electrons. The largest absolute Gasteiger partial charge is 0.299 e. The highest BCUT2D eigenvalue weighted by molar-refractivity contribution is 7.98. The van der Waals surface area contributed by atoms with Gasteiger partial charge in [-0.2, -0.15) is 0 Å². The van der Waals surface area contributed by atoms with Gasteiger partial charge in [-0.15, -0.1) is 11.8 Å². The van der Waals surface area contributed by atoms with Gasteiger partial charge >= 0.3 is 0 Å². The minimum Gasteiger partial charge on any atom is -0.299 e. The lowest BCUT2D eigenvalue weighted by Gasteiger charge is -2.32. The number of hydrogen-bond donors (Lipinski definition) is 1. The standard InChI is InChI=1S/C15H24N2O2S2/c1-20-15-6-4-3-5-14(15)12-17-9-7-13(8-10-17)11-16-21(2,18)19/h3-6,13,16H,7-12H2,1-2H3. The topological polar surface area (TPSA) is 49.4 Å². The molecule has 2 rings (SSSR count). The number of nitrogens with zero attached hydrogens (tertiary/aromatic N) is 1. The molecule has 21 heavy (non-hydrogen) atoms. The first-order valence-corrected chi connectivity index (χ1v) is 10.4. The third-order valence-corrected chi connectivity index (χ3v) is 5.46. The zero-order valence-electron chi connectivity index (χ0n) is 12.7. The molecular weight excluding hydrogens is 304 g/mol. The third-order valence-electron chi connectivity index (χ3n) is 3.93. The van der Waals surface area contributed by atoms with E-state index in [4.69, 9.17) is 0 Å². The number of nitrogens with one attached hydrogen (secondary N) is 1. The minimum atomic E-state index is -3.06. The van der Waals surface area contributed by atoms with Crippen LogP contribution in [0.4, 0.5) is 0 Å². The predicted octanol–water partition coefficient (Wildman–Crippen LogP) is 2.17. The summed E-state index contributed by atoms with van der Waals surface area (Å²) >= 11 is 1.79. The Kier molecular flexibility index (Phi) is 6.10. The number of sulfonamides is 1. The van der Waals surface area contributed by atoms with Crippen LogP contribution in [0.2, 0.25) is 0 Å². The number of thioether (sulfide) groups is 1. The molecule has 1 N–H and O–H groups in total.